The summed E-state index contributed by atoms with van der Waals surface area (Å²) in [6.07, 6.45) is 3.43. The van der Waals surface area contributed by atoms with E-state index in [4.69, 9.17) is 0 Å². The molecule has 0 unspecified atom stereocenters. The Morgan fingerprint density at radius 3 is 2.72 bits per heavy atom. The second-order valence-electron chi connectivity index (χ2n) is 5.13. The number of carbonyl (C=O) groups is 1. The zero-order chi connectivity index (χ0) is 13.2. The molecule has 2 rings (SSSR count). The Labute approximate surface area is 106 Å². The summed E-state index contributed by atoms with van der Waals surface area (Å²) in [6.45, 7) is 3.87. The molecule has 18 heavy (non-hydrogen) atoms. The van der Waals surface area contributed by atoms with Crippen LogP contribution in [0.25, 0.3) is 0 Å². The van der Waals surface area contributed by atoms with Gasteiger partial charge in [0, 0.05) is 30.4 Å². The number of piperidine rings is 1. The quantitative estimate of drug-likeness (QED) is 0.790. The van der Waals surface area contributed by atoms with Crippen LogP contribution < -0.4 is 16.2 Å². The standard InChI is InChI=1S/C13H19N3O2/c1-13(4-6-14-7-5-13)15-12(18)10-3-8-16(2)11(17)9-10/h3,8-9,14H,4-7H2,1-2H3,(H,15,18). The molecule has 0 bridgehead atoms. The van der Waals surface area contributed by atoms with Gasteiger partial charge in [-0.3, -0.25) is 9.59 Å². The van der Waals surface area contributed by atoms with E-state index in [1.165, 1.54) is 10.6 Å². The van der Waals surface area contributed by atoms with Crippen LogP contribution in [0.15, 0.2) is 23.1 Å². The molecule has 1 saturated heterocycles. The van der Waals surface area contributed by atoms with Crippen LogP contribution in [-0.2, 0) is 7.05 Å². The molecule has 1 aliphatic heterocycles. The van der Waals surface area contributed by atoms with Crippen molar-refractivity contribution >= 4 is 5.91 Å². The van der Waals surface area contributed by atoms with Crippen molar-refractivity contribution in [2.75, 3.05) is 13.1 Å². The lowest BCUT2D eigenvalue weighted by molar-refractivity contribution is 0.0887. The van der Waals surface area contributed by atoms with Crippen molar-refractivity contribution in [3.8, 4) is 0 Å². The van der Waals surface area contributed by atoms with E-state index >= 15 is 0 Å². The number of pyridine rings is 1. The third kappa shape index (κ3) is 2.79. The first kappa shape index (κ1) is 12.8. The monoisotopic (exact) mass is 249 g/mol. The lowest BCUT2D eigenvalue weighted by atomic mass is 9.90. The molecule has 2 heterocycles. The molecule has 0 atom stereocenters. The zero-order valence-corrected chi connectivity index (χ0v) is 10.8. The van der Waals surface area contributed by atoms with Crippen LogP contribution in [0.1, 0.15) is 30.1 Å². The van der Waals surface area contributed by atoms with Gasteiger partial charge in [0.05, 0.1) is 0 Å². The maximum atomic E-state index is 12.1. The Balaban J connectivity index is 2.11. The molecule has 1 aromatic heterocycles. The second kappa shape index (κ2) is 4.94. The van der Waals surface area contributed by atoms with Crippen LogP contribution >= 0.6 is 0 Å². The molecule has 1 aliphatic rings. The van der Waals surface area contributed by atoms with E-state index in [1.54, 1.807) is 19.3 Å². The molecule has 1 fully saturated rings. The molecule has 0 aromatic carbocycles. The summed E-state index contributed by atoms with van der Waals surface area (Å²) in [4.78, 5) is 23.6. The number of hydrogen-bond acceptors (Lipinski definition) is 3. The number of nitrogens with one attached hydrogen (secondary N) is 2. The van der Waals surface area contributed by atoms with Crippen molar-refractivity contribution in [1.82, 2.24) is 15.2 Å². The van der Waals surface area contributed by atoms with Crippen LogP contribution in [-0.4, -0.2) is 29.1 Å². The van der Waals surface area contributed by atoms with Crippen LogP contribution in [0.4, 0.5) is 0 Å². The zero-order valence-electron chi connectivity index (χ0n) is 10.8. The fourth-order valence-electron chi connectivity index (χ4n) is 2.14. The average Bonchev–Trinajstić information content (AvgIpc) is 2.33. The molecule has 1 aromatic rings. The Morgan fingerprint density at radius 1 is 1.44 bits per heavy atom. The first-order valence-corrected chi connectivity index (χ1v) is 6.20. The predicted octanol–water partition coefficient (Wildman–Crippen LogP) is 0.257. The van der Waals surface area contributed by atoms with E-state index in [2.05, 4.69) is 10.6 Å². The van der Waals surface area contributed by atoms with E-state index in [1.807, 2.05) is 6.92 Å². The highest BCUT2D eigenvalue weighted by molar-refractivity contribution is 5.94. The third-order valence-electron chi connectivity index (χ3n) is 3.49. The van der Waals surface area contributed by atoms with Gasteiger partial charge in [-0.1, -0.05) is 0 Å². The molecule has 1 amide bonds. The molecule has 0 aliphatic carbocycles. The summed E-state index contributed by atoms with van der Waals surface area (Å²) in [5.74, 6) is -0.169. The van der Waals surface area contributed by atoms with E-state index in [0.717, 1.165) is 25.9 Å². The van der Waals surface area contributed by atoms with E-state index in [-0.39, 0.29) is 17.0 Å². The van der Waals surface area contributed by atoms with Crippen molar-refractivity contribution < 1.29 is 4.79 Å². The van der Waals surface area contributed by atoms with Crippen LogP contribution in [0.5, 0.6) is 0 Å². The number of carbonyl (C=O) groups excluding carboxylic acids is 1. The van der Waals surface area contributed by atoms with Crippen molar-refractivity contribution in [3.05, 3.63) is 34.2 Å². The minimum Gasteiger partial charge on any atom is -0.347 e. The summed E-state index contributed by atoms with van der Waals surface area (Å²) in [6, 6.07) is 3.04. The predicted molar refractivity (Wildman–Crippen MR) is 69.7 cm³/mol. The SMILES string of the molecule is Cn1ccc(C(=O)NC2(C)CCNCC2)cc1=O. The van der Waals surface area contributed by atoms with Crippen molar-refractivity contribution in [2.24, 2.45) is 7.05 Å². The van der Waals surface area contributed by atoms with Gasteiger partial charge in [-0.15, -0.1) is 0 Å². The van der Waals surface area contributed by atoms with Crippen LogP contribution in [0, 0.1) is 0 Å². The largest absolute Gasteiger partial charge is 0.347 e. The first-order chi connectivity index (χ1) is 8.50. The topological polar surface area (TPSA) is 63.1 Å². The Morgan fingerprint density at radius 2 is 2.11 bits per heavy atom. The minimum absolute atomic E-state index is 0.168. The number of nitrogens with zero attached hydrogens (tertiary/aromatic N) is 1. The lowest BCUT2D eigenvalue weighted by Gasteiger charge is -2.35. The Kier molecular flexibility index (Phi) is 3.52. The fraction of sp³-hybridized carbons (Fsp3) is 0.538. The third-order valence-corrected chi connectivity index (χ3v) is 3.49. The summed E-state index contributed by atoms with van der Waals surface area (Å²) in [5.41, 5.74) is 0.0830. The number of rotatable bonds is 2. The first-order valence-electron chi connectivity index (χ1n) is 6.20. The molecular formula is C13H19N3O2. The van der Waals surface area contributed by atoms with Gasteiger partial charge in [0.1, 0.15) is 0 Å². The minimum atomic E-state index is -0.177. The molecule has 98 valence electrons. The summed E-state index contributed by atoms with van der Waals surface area (Å²) in [7, 11) is 1.66. The maximum absolute atomic E-state index is 12.1. The number of aryl methyl sites for hydroxylation is 1. The van der Waals surface area contributed by atoms with E-state index in [0.29, 0.717) is 5.56 Å². The molecule has 2 N–H and O–H groups in total. The summed E-state index contributed by atoms with van der Waals surface area (Å²) >= 11 is 0. The van der Waals surface area contributed by atoms with Crippen LogP contribution in [0.3, 0.4) is 0 Å². The van der Waals surface area contributed by atoms with Crippen molar-refractivity contribution in [1.29, 1.82) is 0 Å². The molecule has 5 nitrogen and oxygen atoms in total. The maximum Gasteiger partial charge on any atom is 0.251 e. The number of hydrogen-bond donors (Lipinski definition) is 2. The van der Waals surface area contributed by atoms with Gasteiger partial charge < -0.3 is 15.2 Å². The molecule has 0 spiro atoms. The van der Waals surface area contributed by atoms with Gasteiger partial charge in [-0.05, 0) is 38.9 Å². The molecule has 0 saturated carbocycles. The Hall–Kier alpha value is -1.62. The second-order valence-corrected chi connectivity index (χ2v) is 5.13. The highest BCUT2D eigenvalue weighted by Crippen LogP contribution is 2.17. The van der Waals surface area contributed by atoms with Crippen molar-refractivity contribution in [3.63, 3.8) is 0 Å². The van der Waals surface area contributed by atoms with Gasteiger partial charge in [0.15, 0.2) is 0 Å². The highest BCUT2D eigenvalue weighted by atomic mass is 16.2. The smallest absolute Gasteiger partial charge is 0.251 e. The molecule has 5 heteroatoms. The summed E-state index contributed by atoms with van der Waals surface area (Å²) < 4.78 is 1.45. The van der Waals surface area contributed by atoms with Crippen LogP contribution in [0.2, 0.25) is 0 Å². The summed E-state index contributed by atoms with van der Waals surface area (Å²) in [5, 5.41) is 6.30. The van der Waals surface area contributed by atoms with Gasteiger partial charge >= 0.3 is 0 Å². The van der Waals surface area contributed by atoms with E-state index in [9.17, 15) is 9.59 Å². The normalized spacial score (nSPS) is 18.3. The average molecular weight is 249 g/mol. The van der Waals surface area contributed by atoms with Gasteiger partial charge in [0.25, 0.3) is 11.5 Å². The van der Waals surface area contributed by atoms with E-state index < -0.39 is 0 Å². The number of amides is 1. The Bertz CT molecular complexity index is 501. The van der Waals surface area contributed by atoms with Gasteiger partial charge in [-0.2, -0.15) is 0 Å². The lowest BCUT2D eigenvalue weighted by Crippen LogP contribution is -2.52. The van der Waals surface area contributed by atoms with Gasteiger partial charge in [-0.25, -0.2) is 0 Å². The molecule has 0 radical (unpaired) electrons. The highest BCUT2D eigenvalue weighted by Gasteiger charge is 2.28. The fourth-order valence-corrected chi connectivity index (χ4v) is 2.14. The van der Waals surface area contributed by atoms with Crippen molar-refractivity contribution in [2.45, 2.75) is 25.3 Å². The molecular weight excluding hydrogens is 230 g/mol. The van der Waals surface area contributed by atoms with Gasteiger partial charge in [0.2, 0.25) is 0 Å². The number of aromatic nitrogens is 1.